The highest BCUT2D eigenvalue weighted by Gasteiger charge is 2.02. The smallest absolute Gasteiger partial charge is 0.123 e. The molecule has 0 radical (unpaired) electrons. The average Bonchev–Trinajstić information content (AvgIpc) is 2.83. The van der Waals surface area contributed by atoms with E-state index in [2.05, 4.69) is 16.7 Å². The van der Waals surface area contributed by atoms with Crippen molar-refractivity contribution in [1.82, 2.24) is 10.6 Å². The first kappa shape index (κ1) is 15.4. The van der Waals surface area contributed by atoms with Crippen molar-refractivity contribution in [2.45, 2.75) is 13.0 Å². The topological polar surface area (TPSA) is 33.3 Å². The van der Waals surface area contributed by atoms with Gasteiger partial charge in [0, 0.05) is 29.8 Å². The Morgan fingerprint density at radius 2 is 2.00 bits per heavy atom. The Morgan fingerprint density at radius 3 is 2.85 bits per heavy atom. The van der Waals surface area contributed by atoms with Gasteiger partial charge >= 0.3 is 0 Å². The van der Waals surface area contributed by atoms with E-state index in [4.69, 9.17) is 4.74 Å². The van der Waals surface area contributed by atoms with Crippen LogP contribution in [0.4, 0.5) is 4.39 Å². The van der Waals surface area contributed by atoms with Gasteiger partial charge in [0.25, 0.3) is 0 Å². The van der Waals surface area contributed by atoms with Crippen molar-refractivity contribution in [3.05, 3.63) is 35.0 Å². The van der Waals surface area contributed by atoms with E-state index in [0.29, 0.717) is 0 Å². The van der Waals surface area contributed by atoms with Gasteiger partial charge in [-0.15, -0.1) is 11.3 Å². The lowest BCUT2D eigenvalue weighted by molar-refractivity contribution is 0.199. The van der Waals surface area contributed by atoms with Crippen molar-refractivity contribution in [3.8, 4) is 0 Å². The Balaban J connectivity index is 1.65. The summed E-state index contributed by atoms with van der Waals surface area (Å²) >= 11 is 1.72. The summed E-state index contributed by atoms with van der Waals surface area (Å²) in [7, 11) is 1.71. The number of fused-ring (bicyclic) bond motifs is 1. The van der Waals surface area contributed by atoms with Gasteiger partial charge in [-0.05, 0) is 49.2 Å². The highest BCUT2D eigenvalue weighted by Crippen LogP contribution is 2.26. The third-order valence-corrected chi connectivity index (χ3v) is 4.13. The number of rotatable bonds is 9. The molecule has 0 amide bonds. The Morgan fingerprint density at radius 1 is 1.15 bits per heavy atom. The molecule has 0 aliphatic heterocycles. The Labute approximate surface area is 123 Å². The third-order valence-electron chi connectivity index (χ3n) is 3.02. The zero-order chi connectivity index (χ0) is 14.2. The molecule has 1 aromatic heterocycles. The minimum atomic E-state index is -0.169. The standard InChI is InChI=1S/C15H21FN2OS/c1-19-8-7-17-5-2-6-18-11-14-10-12-9-13(16)3-4-15(12)20-14/h3-4,9-10,17-18H,2,5-8,11H2,1H3. The van der Waals surface area contributed by atoms with E-state index in [1.165, 1.54) is 10.9 Å². The van der Waals surface area contributed by atoms with E-state index in [1.807, 2.05) is 6.07 Å². The fourth-order valence-corrected chi connectivity index (χ4v) is 3.02. The zero-order valence-corrected chi connectivity index (χ0v) is 12.6. The van der Waals surface area contributed by atoms with E-state index >= 15 is 0 Å². The Kier molecular flexibility index (Phi) is 6.39. The van der Waals surface area contributed by atoms with Gasteiger partial charge in [-0.1, -0.05) is 0 Å². The zero-order valence-electron chi connectivity index (χ0n) is 11.7. The van der Waals surface area contributed by atoms with E-state index in [-0.39, 0.29) is 5.82 Å². The molecular formula is C15H21FN2OS. The molecule has 3 nitrogen and oxygen atoms in total. The molecule has 0 atom stereocenters. The quantitative estimate of drug-likeness (QED) is 0.698. The van der Waals surface area contributed by atoms with E-state index in [0.717, 1.165) is 49.3 Å². The van der Waals surface area contributed by atoms with Gasteiger partial charge in [-0.25, -0.2) is 4.39 Å². The second-order valence-corrected chi connectivity index (χ2v) is 5.84. The van der Waals surface area contributed by atoms with Crippen LogP contribution >= 0.6 is 11.3 Å². The van der Waals surface area contributed by atoms with Crippen molar-refractivity contribution in [2.24, 2.45) is 0 Å². The van der Waals surface area contributed by atoms with E-state index in [9.17, 15) is 4.39 Å². The summed E-state index contributed by atoms with van der Waals surface area (Å²) in [6.07, 6.45) is 1.09. The van der Waals surface area contributed by atoms with Gasteiger partial charge in [0.15, 0.2) is 0 Å². The first-order valence-electron chi connectivity index (χ1n) is 6.88. The van der Waals surface area contributed by atoms with E-state index in [1.54, 1.807) is 24.5 Å². The number of halogens is 1. The molecule has 20 heavy (non-hydrogen) atoms. The second kappa shape index (κ2) is 8.32. The van der Waals surface area contributed by atoms with Crippen molar-refractivity contribution < 1.29 is 9.13 Å². The lowest BCUT2D eigenvalue weighted by Crippen LogP contribution is -2.24. The molecule has 2 aromatic rings. The molecule has 0 aliphatic rings. The lowest BCUT2D eigenvalue weighted by atomic mass is 10.2. The second-order valence-electron chi connectivity index (χ2n) is 4.67. The summed E-state index contributed by atoms with van der Waals surface area (Å²) in [5.74, 6) is -0.169. The van der Waals surface area contributed by atoms with E-state index < -0.39 is 0 Å². The van der Waals surface area contributed by atoms with Gasteiger partial charge in [0.2, 0.25) is 0 Å². The summed E-state index contributed by atoms with van der Waals surface area (Å²) in [6, 6.07) is 7.02. The Hall–Kier alpha value is -1.01. The molecule has 0 aliphatic carbocycles. The lowest BCUT2D eigenvalue weighted by Gasteiger charge is -2.04. The van der Waals surface area contributed by atoms with Crippen LogP contribution in [0.2, 0.25) is 0 Å². The normalized spacial score (nSPS) is 11.3. The number of nitrogens with one attached hydrogen (secondary N) is 2. The van der Waals surface area contributed by atoms with Gasteiger partial charge in [0.05, 0.1) is 6.61 Å². The molecule has 0 fully saturated rings. The summed E-state index contributed by atoms with van der Waals surface area (Å²) in [5, 5.41) is 7.72. The summed E-state index contributed by atoms with van der Waals surface area (Å²) < 4.78 is 19.2. The molecule has 5 heteroatoms. The maximum Gasteiger partial charge on any atom is 0.123 e. The van der Waals surface area contributed by atoms with Crippen molar-refractivity contribution >= 4 is 21.4 Å². The number of hydrogen-bond acceptors (Lipinski definition) is 4. The fourth-order valence-electron chi connectivity index (χ4n) is 2.01. The van der Waals surface area contributed by atoms with Crippen LogP contribution in [0.15, 0.2) is 24.3 Å². The van der Waals surface area contributed by atoms with Gasteiger partial charge in [-0.3, -0.25) is 0 Å². The minimum Gasteiger partial charge on any atom is -0.383 e. The monoisotopic (exact) mass is 296 g/mol. The van der Waals surface area contributed by atoms with Crippen molar-refractivity contribution in [2.75, 3.05) is 33.4 Å². The summed E-state index contributed by atoms with van der Waals surface area (Å²) in [4.78, 5) is 1.25. The molecule has 110 valence electrons. The van der Waals surface area contributed by atoms with Gasteiger partial charge in [0.1, 0.15) is 5.82 Å². The van der Waals surface area contributed by atoms with Crippen LogP contribution in [0.25, 0.3) is 10.1 Å². The SMILES string of the molecule is COCCNCCCNCc1cc2cc(F)ccc2s1. The molecule has 0 unspecified atom stereocenters. The molecule has 1 heterocycles. The van der Waals surface area contributed by atoms with Crippen LogP contribution in [0.3, 0.4) is 0 Å². The molecule has 0 saturated heterocycles. The molecule has 0 saturated carbocycles. The molecule has 1 aromatic carbocycles. The van der Waals surface area contributed by atoms with Crippen LogP contribution in [-0.4, -0.2) is 33.4 Å². The molecule has 2 rings (SSSR count). The third kappa shape index (κ3) is 4.83. The summed E-state index contributed by atoms with van der Waals surface area (Å²) in [6.45, 7) is 4.47. The number of hydrogen-bond donors (Lipinski definition) is 2. The number of thiophene rings is 1. The minimum absolute atomic E-state index is 0.169. The largest absolute Gasteiger partial charge is 0.383 e. The first-order chi connectivity index (χ1) is 9.79. The molecular weight excluding hydrogens is 275 g/mol. The van der Waals surface area contributed by atoms with Crippen LogP contribution in [0.5, 0.6) is 0 Å². The molecule has 0 bridgehead atoms. The molecule has 0 spiro atoms. The molecule has 2 N–H and O–H groups in total. The Bertz CT molecular complexity index is 530. The van der Waals surface area contributed by atoms with Crippen LogP contribution in [0, 0.1) is 5.82 Å². The van der Waals surface area contributed by atoms with Gasteiger partial charge < -0.3 is 15.4 Å². The van der Waals surface area contributed by atoms with Crippen LogP contribution < -0.4 is 10.6 Å². The van der Waals surface area contributed by atoms with Crippen LogP contribution in [0.1, 0.15) is 11.3 Å². The van der Waals surface area contributed by atoms with Crippen molar-refractivity contribution in [3.63, 3.8) is 0 Å². The predicted molar refractivity (Wildman–Crippen MR) is 82.9 cm³/mol. The van der Waals surface area contributed by atoms with Gasteiger partial charge in [-0.2, -0.15) is 0 Å². The van der Waals surface area contributed by atoms with Crippen LogP contribution in [-0.2, 0) is 11.3 Å². The van der Waals surface area contributed by atoms with Crippen molar-refractivity contribution in [1.29, 1.82) is 0 Å². The number of ether oxygens (including phenoxy) is 1. The first-order valence-corrected chi connectivity index (χ1v) is 7.69. The highest BCUT2D eigenvalue weighted by atomic mass is 32.1. The average molecular weight is 296 g/mol. The maximum atomic E-state index is 13.1. The maximum absolute atomic E-state index is 13.1. The number of methoxy groups -OCH3 is 1. The summed E-state index contributed by atoms with van der Waals surface area (Å²) in [5.41, 5.74) is 0. The highest BCUT2D eigenvalue weighted by molar-refractivity contribution is 7.19. The number of benzene rings is 1. The predicted octanol–water partition coefficient (Wildman–Crippen LogP) is 2.76. The fraction of sp³-hybridized carbons (Fsp3) is 0.467.